The molecule has 174 valence electrons. The summed E-state index contributed by atoms with van der Waals surface area (Å²) in [5, 5.41) is -2.68. The van der Waals surface area contributed by atoms with E-state index in [2.05, 4.69) is 0 Å². The Morgan fingerprint density at radius 3 is 1.33 bits per heavy atom. The van der Waals surface area contributed by atoms with E-state index in [0.717, 1.165) is 12.9 Å². The lowest BCUT2D eigenvalue weighted by Gasteiger charge is -2.48. The lowest BCUT2D eigenvalue weighted by atomic mass is 10.3. The molecule has 6 unspecified atom stereocenters. The van der Waals surface area contributed by atoms with E-state index >= 15 is 0 Å². The average Bonchev–Trinajstić information content (AvgIpc) is 3.11. The average molecular weight is 490 g/mol. The van der Waals surface area contributed by atoms with E-state index in [0.29, 0.717) is 0 Å². The van der Waals surface area contributed by atoms with Crippen LogP contribution in [0.1, 0.15) is 41.5 Å². The van der Waals surface area contributed by atoms with Gasteiger partial charge in [0.1, 0.15) is 6.17 Å². The number of piperazine rings is 1. The SMILES string of the molecule is CC(C)S(=O)(=O)N1C2OC3OC2N(S(=O)(=O)C(C)C)C2C1OC3N2S(=O)(=O)C(C)C. The van der Waals surface area contributed by atoms with E-state index < -0.39 is 83.2 Å². The molecule has 0 radical (unpaired) electrons. The topological polar surface area (TPSA) is 140 Å². The van der Waals surface area contributed by atoms with Crippen LogP contribution < -0.4 is 0 Å². The predicted molar refractivity (Wildman–Crippen MR) is 104 cm³/mol. The second-order valence-corrected chi connectivity index (χ2v) is 15.7. The van der Waals surface area contributed by atoms with E-state index in [4.69, 9.17) is 14.2 Å². The van der Waals surface area contributed by atoms with Gasteiger partial charge in [-0.15, -0.1) is 12.9 Å². The molecule has 0 amide bonds. The minimum Gasteiger partial charge on any atom is -0.334 e. The number of rotatable bonds is 6. The maximum Gasteiger partial charge on any atom is 0.221 e. The molecule has 0 N–H and O–H groups in total. The molecule has 15 heteroatoms. The number of hydrogen-bond donors (Lipinski definition) is 0. The van der Waals surface area contributed by atoms with Gasteiger partial charge in [0, 0.05) is 0 Å². The monoisotopic (exact) mass is 489 g/mol. The van der Waals surface area contributed by atoms with Crippen LogP contribution in [-0.4, -0.2) is 91.3 Å². The van der Waals surface area contributed by atoms with Crippen molar-refractivity contribution in [2.75, 3.05) is 0 Å². The van der Waals surface area contributed by atoms with E-state index in [1.807, 2.05) is 0 Å². The molecule has 5 heterocycles. The highest BCUT2D eigenvalue weighted by Gasteiger charge is 2.74. The first-order valence-electron chi connectivity index (χ1n) is 9.68. The van der Waals surface area contributed by atoms with Gasteiger partial charge >= 0.3 is 0 Å². The number of hydrogen-bond acceptors (Lipinski definition) is 9. The van der Waals surface area contributed by atoms with Gasteiger partial charge in [0.05, 0.1) is 15.7 Å². The highest BCUT2D eigenvalue weighted by molar-refractivity contribution is 7.90. The van der Waals surface area contributed by atoms with Crippen molar-refractivity contribution in [1.82, 2.24) is 12.9 Å². The van der Waals surface area contributed by atoms with Gasteiger partial charge in [-0.2, -0.15) is 0 Å². The molecule has 0 spiro atoms. The van der Waals surface area contributed by atoms with Crippen molar-refractivity contribution in [2.45, 2.75) is 94.7 Å². The predicted octanol–water partition coefficient (Wildman–Crippen LogP) is -0.832. The van der Waals surface area contributed by atoms with Crippen molar-refractivity contribution in [2.24, 2.45) is 0 Å². The van der Waals surface area contributed by atoms with Gasteiger partial charge in [0.15, 0.2) is 24.9 Å². The second-order valence-electron chi connectivity index (χ2n) is 8.52. The first-order valence-corrected chi connectivity index (χ1v) is 14.2. The van der Waals surface area contributed by atoms with Crippen LogP contribution in [0, 0.1) is 0 Å². The standard InChI is InChI=1S/C15H27N3O9S3/c1-7(2)28(19,20)16-10-11-18(30(23,24)9(5)6)13-12(16)26-15(27-13)14(25-11)17(10)29(21,22)8(3)4/h7-15H,1-6H3. The largest absolute Gasteiger partial charge is 0.334 e. The lowest BCUT2D eigenvalue weighted by Crippen LogP contribution is -2.72. The molecule has 5 aliphatic rings. The Morgan fingerprint density at radius 1 is 0.533 bits per heavy atom. The van der Waals surface area contributed by atoms with Crippen molar-refractivity contribution >= 4 is 30.1 Å². The van der Waals surface area contributed by atoms with Crippen molar-refractivity contribution in [1.29, 1.82) is 0 Å². The van der Waals surface area contributed by atoms with E-state index in [1.165, 1.54) is 41.5 Å². The Bertz CT molecular complexity index is 1040. The van der Waals surface area contributed by atoms with Gasteiger partial charge in [-0.25, -0.2) is 25.3 Å². The minimum atomic E-state index is -4.08. The normalized spacial score (nSPS) is 37.9. The fourth-order valence-corrected chi connectivity index (χ4v) is 8.32. The molecule has 0 saturated carbocycles. The van der Waals surface area contributed by atoms with Crippen molar-refractivity contribution in [3.63, 3.8) is 0 Å². The Morgan fingerprint density at radius 2 is 0.900 bits per heavy atom. The third-order valence-electron chi connectivity index (χ3n) is 5.75. The van der Waals surface area contributed by atoms with Crippen molar-refractivity contribution in [3.05, 3.63) is 0 Å². The Hall–Kier alpha value is -0.390. The first kappa shape index (κ1) is 22.8. The van der Waals surface area contributed by atoms with Gasteiger partial charge in [-0.1, -0.05) is 0 Å². The van der Waals surface area contributed by atoms with Gasteiger partial charge in [-0.05, 0) is 41.5 Å². The highest BCUT2D eigenvalue weighted by atomic mass is 32.2. The van der Waals surface area contributed by atoms with Crippen molar-refractivity contribution in [3.8, 4) is 0 Å². The fraction of sp³-hybridized carbons (Fsp3) is 1.00. The van der Waals surface area contributed by atoms with Crippen LogP contribution in [0.3, 0.4) is 0 Å². The molecule has 5 fully saturated rings. The van der Waals surface area contributed by atoms with Gasteiger partial charge < -0.3 is 14.2 Å². The van der Waals surface area contributed by atoms with Crippen LogP contribution in [0.15, 0.2) is 0 Å². The maximum absolute atomic E-state index is 13.3. The summed E-state index contributed by atoms with van der Waals surface area (Å²) in [5.41, 5.74) is 0. The molecule has 5 saturated heterocycles. The minimum absolute atomic E-state index is 0.870. The fourth-order valence-electron chi connectivity index (χ4n) is 4.02. The number of sulfonamides is 3. The van der Waals surface area contributed by atoms with Crippen LogP contribution in [0.4, 0.5) is 0 Å². The lowest BCUT2D eigenvalue weighted by molar-refractivity contribution is -0.179. The zero-order valence-electron chi connectivity index (χ0n) is 17.4. The molecule has 30 heavy (non-hydrogen) atoms. The summed E-state index contributed by atoms with van der Waals surface area (Å²) in [7, 11) is -12.2. The van der Waals surface area contributed by atoms with Crippen LogP contribution in [-0.2, 0) is 44.3 Å². The highest BCUT2D eigenvalue weighted by Crippen LogP contribution is 2.51. The molecule has 6 atom stereocenters. The number of ether oxygens (including phenoxy) is 3. The zero-order chi connectivity index (χ0) is 22.5. The first-order chi connectivity index (χ1) is 13.6. The van der Waals surface area contributed by atoms with E-state index in [-0.39, 0.29) is 0 Å². The molecule has 5 aliphatic heterocycles. The molecular weight excluding hydrogens is 462 g/mol. The van der Waals surface area contributed by atoms with Crippen LogP contribution >= 0.6 is 0 Å². The summed E-state index contributed by atoms with van der Waals surface area (Å²) < 4.78 is 99.3. The van der Waals surface area contributed by atoms with Crippen LogP contribution in [0.2, 0.25) is 0 Å². The molecule has 5 rings (SSSR count). The molecule has 0 aromatic carbocycles. The molecule has 0 aromatic rings. The second kappa shape index (κ2) is 6.81. The van der Waals surface area contributed by atoms with E-state index in [1.54, 1.807) is 0 Å². The Kier molecular flexibility index (Phi) is 5.17. The quantitative estimate of drug-likeness (QED) is 0.467. The van der Waals surface area contributed by atoms with E-state index in [9.17, 15) is 25.3 Å². The van der Waals surface area contributed by atoms with Crippen molar-refractivity contribution < 1.29 is 39.5 Å². The van der Waals surface area contributed by atoms with Crippen LogP contribution in [0.25, 0.3) is 0 Å². The Balaban J connectivity index is 1.97. The van der Waals surface area contributed by atoms with Gasteiger partial charge in [-0.3, -0.25) is 0 Å². The maximum atomic E-state index is 13.3. The van der Waals surface area contributed by atoms with Crippen LogP contribution in [0.5, 0.6) is 0 Å². The summed E-state index contributed by atoms with van der Waals surface area (Å²) in [5.74, 6) is 0. The molecule has 0 aromatic heterocycles. The van der Waals surface area contributed by atoms with Gasteiger partial charge in [0.2, 0.25) is 36.4 Å². The summed E-state index contributed by atoms with van der Waals surface area (Å²) in [6.07, 6.45) is -7.99. The molecule has 6 bridgehead atoms. The Labute approximate surface area is 177 Å². The smallest absolute Gasteiger partial charge is 0.221 e. The summed E-state index contributed by atoms with van der Waals surface area (Å²) in [6, 6.07) is 0. The summed E-state index contributed by atoms with van der Waals surface area (Å²) in [6.45, 7) is 8.75. The molecular formula is C15H27N3O9S3. The third kappa shape index (κ3) is 2.80. The zero-order valence-corrected chi connectivity index (χ0v) is 19.9. The molecule has 0 aliphatic carbocycles. The van der Waals surface area contributed by atoms with Gasteiger partial charge in [0.25, 0.3) is 0 Å². The number of nitrogens with zero attached hydrogens (tertiary/aromatic N) is 3. The summed E-state index contributed by atoms with van der Waals surface area (Å²) in [4.78, 5) is 0. The molecule has 12 nitrogen and oxygen atoms in total. The third-order valence-corrected chi connectivity index (χ3v) is 12.4. The summed E-state index contributed by atoms with van der Waals surface area (Å²) >= 11 is 0.